The van der Waals surface area contributed by atoms with E-state index in [0.717, 1.165) is 5.01 Å². The molecule has 1 rings (SSSR count). The molecule has 2 heteroatoms. The third kappa shape index (κ3) is 1.64. The van der Waals surface area contributed by atoms with E-state index < -0.39 is 0 Å². The van der Waals surface area contributed by atoms with Crippen LogP contribution >= 0.6 is 11.3 Å². The fraction of sp³-hybridized carbons (Fsp3) is 0.286. The average molecular weight is 139 g/mol. The number of aryl methyl sites for hydroxylation is 1. The Labute approximate surface area is 59.1 Å². The summed E-state index contributed by atoms with van der Waals surface area (Å²) in [6, 6.07) is 0. The van der Waals surface area contributed by atoms with E-state index in [1.54, 1.807) is 11.3 Å². The van der Waals surface area contributed by atoms with E-state index in [2.05, 4.69) is 11.1 Å². The Morgan fingerprint density at radius 1 is 1.67 bits per heavy atom. The number of hydrogen-bond acceptors (Lipinski definition) is 2. The van der Waals surface area contributed by atoms with Gasteiger partial charge in [0.1, 0.15) is 0 Å². The maximum absolute atomic E-state index is 4.10. The van der Waals surface area contributed by atoms with E-state index in [4.69, 9.17) is 0 Å². The van der Waals surface area contributed by atoms with Crippen LogP contribution in [0.5, 0.6) is 0 Å². The van der Waals surface area contributed by atoms with Crippen LogP contribution in [0.4, 0.5) is 0 Å². The molecule has 0 N–H and O–H groups in total. The molecule has 48 valence electrons. The number of aromatic nitrogens is 1. The van der Waals surface area contributed by atoms with Crippen LogP contribution in [-0.4, -0.2) is 4.98 Å². The number of allylic oxidation sites excluding steroid dienone is 1. The summed E-state index contributed by atoms with van der Waals surface area (Å²) in [6.45, 7) is 4.02. The van der Waals surface area contributed by atoms with Gasteiger partial charge in [-0.05, 0) is 19.9 Å². The zero-order valence-corrected chi connectivity index (χ0v) is 6.40. The molecule has 1 heterocycles. The highest BCUT2D eigenvalue weighted by Gasteiger charge is 1.89. The molecule has 0 aliphatic rings. The second-order valence-electron chi connectivity index (χ2n) is 1.78. The lowest BCUT2D eigenvalue weighted by Crippen LogP contribution is -1.57. The Morgan fingerprint density at radius 2 is 2.44 bits per heavy atom. The van der Waals surface area contributed by atoms with Gasteiger partial charge in [0.25, 0.3) is 0 Å². The van der Waals surface area contributed by atoms with Gasteiger partial charge in [-0.25, -0.2) is 4.98 Å². The number of hydrogen-bond donors (Lipinski definition) is 0. The maximum atomic E-state index is 4.10. The van der Waals surface area contributed by atoms with Gasteiger partial charge in [0.05, 0.1) is 5.01 Å². The topological polar surface area (TPSA) is 12.9 Å². The molecular weight excluding hydrogens is 130 g/mol. The molecule has 0 bridgehead atoms. The molecule has 0 aliphatic carbocycles. The summed E-state index contributed by atoms with van der Waals surface area (Å²) in [6.07, 6.45) is 5.97. The molecule has 0 radical (unpaired) electrons. The van der Waals surface area contributed by atoms with Crippen LogP contribution in [0.2, 0.25) is 0 Å². The molecule has 0 saturated carbocycles. The lowest BCUT2D eigenvalue weighted by atomic mass is 10.5. The van der Waals surface area contributed by atoms with Crippen molar-refractivity contribution in [2.75, 3.05) is 0 Å². The third-order valence-corrected chi connectivity index (χ3v) is 1.85. The molecule has 0 amide bonds. The fourth-order valence-corrected chi connectivity index (χ4v) is 1.38. The Hall–Kier alpha value is -0.630. The van der Waals surface area contributed by atoms with Crippen LogP contribution in [-0.2, 0) is 0 Å². The SMILES string of the molecule is CC=Cc1cnc(C)s1. The van der Waals surface area contributed by atoms with Crippen LogP contribution in [0.25, 0.3) is 6.08 Å². The zero-order valence-electron chi connectivity index (χ0n) is 5.59. The standard InChI is InChI=1S/C7H9NS/c1-3-4-7-5-8-6(2)9-7/h3-5H,1-2H3. The summed E-state index contributed by atoms with van der Waals surface area (Å²) >= 11 is 1.71. The minimum absolute atomic E-state index is 1.13. The number of nitrogens with zero attached hydrogens (tertiary/aromatic N) is 1. The molecule has 1 nitrogen and oxygen atoms in total. The van der Waals surface area contributed by atoms with Crippen molar-refractivity contribution < 1.29 is 0 Å². The van der Waals surface area contributed by atoms with Crippen molar-refractivity contribution in [3.8, 4) is 0 Å². The Kier molecular flexibility index (Phi) is 2.01. The van der Waals surface area contributed by atoms with Crippen LogP contribution in [0, 0.1) is 6.92 Å². The van der Waals surface area contributed by atoms with Gasteiger partial charge >= 0.3 is 0 Å². The summed E-state index contributed by atoms with van der Waals surface area (Å²) in [5, 5.41) is 1.13. The first-order valence-electron chi connectivity index (χ1n) is 2.88. The molecule has 0 aliphatic heterocycles. The fourth-order valence-electron chi connectivity index (χ4n) is 0.619. The predicted octanol–water partition coefficient (Wildman–Crippen LogP) is 2.48. The minimum Gasteiger partial charge on any atom is -0.249 e. The van der Waals surface area contributed by atoms with Gasteiger partial charge in [-0.3, -0.25) is 0 Å². The quantitative estimate of drug-likeness (QED) is 0.582. The van der Waals surface area contributed by atoms with Crippen LogP contribution in [0.1, 0.15) is 16.8 Å². The normalized spacial score (nSPS) is 10.9. The molecular formula is C7H9NS. The second kappa shape index (κ2) is 2.78. The van der Waals surface area contributed by atoms with E-state index >= 15 is 0 Å². The number of rotatable bonds is 1. The van der Waals surface area contributed by atoms with Gasteiger partial charge in [0, 0.05) is 11.1 Å². The Balaban J connectivity index is 2.85. The first kappa shape index (κ1) is 6.49. The highest BCUT2D eigenvalue weighted by atomic mass is 32.1. The van der Waals surface area contributed by atoms with Crippen LogP contribution < -0.4 is 0 Å². The number of thiazole rings is 1. The Bertz CT molecular complexity index is 212. The van der Waals surface area contributed by atoms with E-state index in [0.29, 0.717) is 0 Å². The van der Waals surface area contributed by atoms with Gasteiger partial charge in [-0.15, -0.1) is 11.3 Å². The van der Waals surface area contributed by atoms with Crippen molar-refractivity contribution in [2.24, 2.45) is 0 Å². The minimum atomic E-state index is 1.13. The summed E-state index contributed by atoms with van der Waals surface area (Å²) in [5.41, 5.74) is 0. The molecule has 0 spiro atoms. The van der Waals surface area contributed by atoms with Gasteiger partial charge < -0.3 is 0 Å². The molecule has 9 heavy (non-hydrogen) atoms. The maximum Gasteiger partial charge on any atom is 0.0900 e. The van der Waals surface area contributed by atoms with Gasteiger partial charge in [-0.1, -0.05) is 6.08 Å². The highest BCUT2D eigenvalue weighted by molar-refractivity contribution is 7.12. The van der Waals surface area contributed by atoms with Crippen molar-refractivity contribution in [1.29, 1.82) is 0 Å². The van der Waals surface area contributed by atoms with Crippen molar-refractivity contribution in [3.05, 3.63) is 22.2 Å². The van der Waals surface area contributed by atoms with Crippen molar-refractivity contribution in [1.82, 2.24) is 4.98 Å². The predicted molar refractivity (Wildman–Crippen MR) is 41.6 cm³/mol. The highest BCUT2D eigenvalue weighted by Crippen LogP contribution is 2.12. The first-order valence-corrected chi connectivity index (χ1v) is 3.69. The zero-order chi connectivity index (χ0) is 6.69. The summed E-state index contributed by atoms with van der Waals surface area (Å²) in [4.78, 5) is 5.33. The largest absolute Gasteiger partial charge is 0.249 e. The lowest BCUT2D eigenvalue weighted by molar-refractivity contribution is 1.30. The van der Waals surface area contributed by atoms with E-state index in [9.17, 15) is 0 Å². The molecule has 0 unspecified atom stereocenters. The van der Waals surface area contributed by atoms with E-state index in [1.807, 2.05) is 26.1 Å². The summed E-state index contributed by atoms with van der Waals surface area (Å²) in [5.74, 6) is 0. The van der Waals surface area contributed by atoms with E-state index in [1.165, 1.54) is 4.88 Å². The molecule has 1 aromatic rings. The molecule has 0 aromatic carbocycles. The van der Waals surface area contributed by atoms with E-state index in [-0.39, 0.29) is 0 Å². The van der Waals surface area contributed by atoms with Gasteiger partial charge in [0.15, 0.2) is 0 Å². The molecule has 1 aromatic heterocycles. The molecule has 0 fully saturated rings. The van der Waals surface area contributed by atoms with Crippen molar-refractivity contribution in [2.45, 2.75) is 13.8 Å². The summed E-state index contributed by atoms with van der Waals surface area (Å²) in [7, 11) is 0. The van der Waals surface area contributed by atoms with Crippen LogP contribution in [0.15, 0.2) is 12.3 Å². The average Bonchev–Trinajstić information content (AvgIpc) is 2.17. The third-order valence-electron chi connectivity index (χ3n) is 0.970. The monoisotopic (exact) mass is 139 g/mol. The van der Waals surface area contributed by atoms with Crippen molar-refractivity contribution >= 4 is 17.4 Å². The molecule has 0 saturated heterocycles. The molecule has 0 atom stereocenters. The summed E-state index contributed by atoms with van der Waals surface area (Å²) < 4.78 is 0. The van der Waals surface area contributed by atoms with Crippen LogP contribution in [0.3, 0.4) is 0 Å². The second-order valence-corrected chi connectivity index (χ2v) is 3.05. The first-order chi connectivity index (χ1) is 4.33. The van der Waals surface area contributed by atoms with Gasteiger partial charge in [0.2, 0.25) is 0 Å². The lowest BCUT2D eigenvalue weighted by Gasteiger charge is -1.75. The smallest absolute Gasteiger partial charge is 0.0900 e. The Morgan fingerprint density at radius 3 is 2.89 bits per heavy atom. The van der Waals surface area contributed by atoms with Gasteiger partial charge in [-0.2, -0.15) is 0 Å². The van der Waals surface area contributed by atoms with Crippen molar-refractivity contribution in [3.63, 3.8) is 0 Å².